The highest BCUT2D eigenvalue weighted by molar-refractivity contribution is 5.88. The second-order valence-corrected chi connectivity index (χ2v) is 9.41. The van der Waals surface area contributed by atoms with Crippen molar-refractivity contribution in [3.63, 3.8) is 0 Å². The molecule has 7 nitrogen and oxygen atoms in total. The molecule has 7 heteroatoms. The lowest BCUT2D eigenvalue weighted by Gasteiger charge is -2.43. The van der Waals surface area contributed by atoms with E-state index in [4.69, 9.17) is 9.97 Å². The molecule has 6 rings (SSSR count). The third-order valence-corrected chi connectivity index (χ3v) is 7.14. The van der Waals surface area contributed by atoms with Crippen molar-refractivity contribution in [2.45, 2.75) is 71.0 Å². The first-order valence-corrected chi connectivity index (χ1v) is 12.3. The number of benzene rings is 1. The van der Waals surface area contributed by atoms with Crippen molar-refractivity contribution in [3.05, 3.63) is 36.2 Å². The number of hydrogen-bond acceptors (Lipinski definition) is 5. The summed E-state index contributed by atoms with van der Waals surface area (Å²) in [5.74, 6) is 0.942. The smallest absolute Gasteiger partial charge is 0.203 e. The predicted octanol–water partition coefficient (Wildman–Crippen LogP) is 4.96. The molecule has 1 aromatic carbocycles. The van der Waals surface area contributed by atoms with Crippen LogP contribution in [0.3, 0.4) is 0 Å². The topological polar surface area (TPSA) is 74.7 Å². The predicted molar refractivity (Wildman–Crippen MR) is 136 cm³/mol. The van der Waals surface area contributed by atoms with Gasteiger partial charge >= 0.3 is 0 Å². The summed E-state index contributed by atoms with van der Waals surface area (Å²) in [6.07, 6.45) is 10.3. The fourth-order valence-corrected chi connectivity index (χ4v) is 5.52. The molecule has 2 fully saturated rings. The minimum atomic E-state index is 0.528. The average Bonchev–Trinajstić information content (AvgIpc) is 3.42. The summed E-state index contributed by atoms with van der Waals surface area (Å²) in [7, 11) is 4.14. The normalized spacial score (nSPS) is 22.3. The number of imidazole rings is 1. The SMILES string of the molecule is CC.Cc1cc(-c2cc3nc(N(C)C4CC5CCCC(C4)N5)[nH]c3cn2)cc2cn(C)nc12. The number of pyridine rings is 1. The number of rotatable bonds is 3. The molecular weight excluding hydrogens is 410 g/mol. The van der Waals surface area contributed by atoms with Crippen LogP contribution in [-0.2, 0) is 7.05 Å². The monoisotopic (exact) mass is 445 g/mol. The molecule has 0 spiro atoms. The Bertz CT molecular complexity index is 1260. The fraction of sp³-hybridized carbons (Fsp3) is 0.500. The summed E-state index contributed by atoms with van der Waals surface area (Å²) in [5, 5.41) is 9.48. The molecule has 0 amide bonds. The van der Waals surface area contributed by atoms with E-state index in [9.17, 15) is 0 Å². The van der Waals surface area contributed by atoms with Crippen LogP contribution in [-0.4, -0.2) is 49.9 Å². The minimum Gasteiger partial charge on any atom is -0.342 e. The lowest BCUT2D eigenvalue weighted by atomic mass is 9.83. The van der Waals surface area contributed by atoms with Crippen molar-refractivity contribution in [1.82, 2.24) is 30.0 Å². The largest absolute Gasteiger partial charge is 0.342 e. The molecule has 2 N–H and O–H groups in total. The van der Waals surface area contributed by atoms with E-state index in [-0.39, 0.29) is 0 Å². The van der Waals surface area contributed by atoms with Crippen LogP contribution in [0.5, 0.6) is 0 Å². The number of nitrogens with zero attached hydrogens (tertiary/aromatic N) is 5. The van der Waals surface area contributed by atoms with E-state index < -0.39 is 0 Å². The molecule has 0 aliphatic carbocycles. The number of piperidine rings is 2. The van der Waals surface area contributed by atoms with Crippen LogP contribution in [0.4, 0.5) is 5.95 Å². The molecule has 2 aliphatic rings. The van der Waals surface area contributed by atoms with Crippen molar-refractivity contribution in [2.24, 2.45) is 7.05 Å². The van der Waals surface area contributed by atoms with Crippen LogP contribution < -0.4 is 10.2 Å². The van der Waals surface area contributed by atoms with Gasteiger partial charge in [-0.25, -0.2) is 4.98 Å². The number of aryl methyl sites for hydroxylation is 2. The van der Waals surface area contributed by atoms with Gasteiger partial charge in [0.25, 0.3) is 0 Å². The average molecular weight is 446 g/mol. The van der Waals surface area contributed by atoms with Gasteiger partial charge in [0.2, 0.25) is 5.95 Å². The Balaban J connectivity index is 0.00000111. The zero-order valence-electron chi connectivity index (χ0n) is 20.4. The van der Waals surface area contributed by atoms with Crippen LogP contribution in [0.15, 0.2) is 30.6 Å². The first-order valence-electron chi connectivity index (χ1n) is 12.3. The molecule has 33 heavy (non-hydrogen) atoms. The van der Waals surface area contributed by atoms with Gasteiger partial charge in [-0.05, 0) is 56.4 Å². The molecule has 2 saturated heterocycles. The maximum absolute atomic E-state index is 4.95. The Hall–Kier alpha value is -2.93. The minimum absolute atomic E-state index is 0.528. The number of aromatic amines is 1. The molecular formula is C26H35N7. The van der Waals surface area contributed by atoms with E-state index in [0.29, 0.717) is 18.1 Å². The molecule has 0 radical (unpaired) electrons. The highest BCUT2D eigenvalue weighted by Gasteiger charge is 2.33. The maximum Gasteiger partial charge on any atom is 0.203 e. The Morgan fingerprint density at radius 3 is 2.61 bits per heavy atom. The zero-order valence-corrected chi connectivity index (χ0v) is 20.4. The number of anilines is 1. The first kappa shape index (κ1) is 21.9. The quantitative estimate of drug-likeness (QED) is 0.466. The summed E-state index contributed by atoms with van der Waals surface area (Å²) in [6, 6.07) is 8.26. The van der Waals surface area contributed by atoms with Gasteiger partial charge in [0, 0.05) is 49.4 Å². The number of aromatic nitrogens is 5. The van der Waals surface area contributed by atoms with E-state index in [0.717, 1.165) is 44.7 Å². The molecule has 2 bridgehead atoms. The lowest BCUT2D eigenvalue weighted by molar-refractivity contribution is 0.219. The molecule has 4 aromatic rings. The standard InChI is InChI=1S/C24H29N7.C2H6/c1-14-7-15(8-16-13-30(2)29-23(14)16)20-11-21-22(12-25-20)28-24(27-21)31(3)19-9-17-5-4-6-18(10-19)26-17;1-2/h7-8,11-13,17-19,26H,4-6,9-10H2,1-3H3,(H,27,28);1-2H3. The first-order chi connectivity index (χ1) is 16.0. The Morgan fingerprint density at radius 1 is 1.09 bits per heavy atom. The summed E-state index contributed by atoms with van der Waals surface area (Å²) in [5.41, 5.74) is 6.20. The van der Waals surface area contributed by atoms with Crippen LogP contribution in [0.25, 0.3) is 33.2 Å². The third-order valence-electron chi connectivity index (χ3n) is 7.14. The highest BCUT2D eigenvalue weighted by Crippen LogP contribution is 2.31. The van der Waals surface area contributed by atoms with E-state index >= 15 is 0 Å². The summed E-state index contributed by atoms with van der Waals surface area (Å²) in [6.45, 7) is 6.10. The van der Waals surface area contributed by atoms with E-state index in [1.165, 1.54) is 32.1 Å². The number of H-pyrrole nitrogens is 1. The van der Waals surface area contributed by atoms with E-state index in [1.807, 2.05) is 31.8 Å². The molecule has 2 aliphatic heterocycles. The number of nitrogens with one attached hydrogen (secondary N) is 2. The molecule has 174 valence electrons. The van der Waals surface area contributed by atoms with Crippen LogP contribution >= 0.6 is 0 Å². The van der Waals surface area contributed by atoms with Crippen molar-refractivity contribution < 1.29 is 0 Å². The van der Waals surface area contributed by atoms with Crippen molar-refractivity contribution in [2.75, 3.05) is 11.9 Å². The lowest BCUT2D eigenvalue weighted by Crippen LogP contribution is -2.54. The fourth-order valence-electron chi connectivity index (χ4n) is 5.52. The second-order valence-electron chi connectivity index (χ2n) is 9.41. The van der Waals surface area contributed by atoms with E-state index in [2.05, 4.69) is 58.7 Å². The zero-order chi connectivity index (χ0) is 23.1. The molecule has 5 heterocycles. The van der Waals surface area contributed by atoms with Gasteiger partial charge in [-0.3, -0.25) is 9.67 Å². The summed E-state index contributed by atoms with van der Waals surface area (Å²) >= 11 is 0. The van der Waals surface area contributed by atoms with Crippen LogP contribution in [0.1, 0.15) is 51.5 Å². The van der Waals surface area contributed by atoms with Gasteiger partial charge in [0.05, 0.1) is 28.4 Å². The Labute approximate surface area is 195 Å². The van der Waals surface area contributed by atoms with Gasteiger partial charge < -0.3 is 15.2 Å². The van der Waals surface area contributed by atoms with E-state index in [1.54, 1.807) is 0 Å². The molecule has 2 unspecified atom stereocenters. The van der Waals surface area contributed by atoms with Crippen LogP contribution in [0, 0.1) is 6.92 Å². The Kier molecular flexibility index (Phi) is 5.83. The van der Waals surface area contributed by atoms with Crippen molar-refractivity contribution >= 4 is 27.9 Å². The third kappa shape index (κ3) is 4.10. The maximum atomic E-state index is 4.95. The van der Waals surface area contributed by atoms with Gasteiger partial charge in [-0.2, -0.15) is 5.10 Å². The molecule has 3 aromatic heterocycles. The summed E-state index contributed by atoms with van der Waals surface area (Å²) < 4.78 is 1.86. The van der Waals surface area contributed by atoms with Gasteiger partial charge in [-0.15, -0.1) is 0 Å². The van der Waals surface area contributed by atoms with Crippen LogP contribution in [0.2, 0.25) is 0 Å². The summed E-state index contributed by atoms with van der Waals surface area (Å²) in [4.78, 5) is 15.5. The number of hydrogen-bond donors (Lipinski definition) is 2. The molecule has 0 saturated carbocycles. The highest BCUT2D eigenvalue weighted by atomic mass is 15.3. The van der Waals surface area contributed by atoms with Gasteiger partial charge in [0.1, 0.15) is 0 Å². The Morgan fingerprint density at radius 2 is 1.85 bits per heavy atom. The number of fused-ring (bicyclic) bond motifs is 4. The van der Waals surface area contributed by atoms with Crippen molar-refractivity contribution in [1.29, 1.82) is 0 Å². The molecule has 2 atom stereocenters. The van der Waals surface area contributed by atoms with Crippen molar-refractivity contribution in [3.8, 4) is 11.3 Å². The van der Waals surface area contributed by atoms with Gasteiger partial charge in [-0.1, -0.05) is 20.3 Å². The van der Waals surface area contributed by atoms with Gasteiger partial charge in [0.15, 0.2) is 0 Å². The second kappa shape index (κ2) is 8.78.